The van der Waals surface area contributed by atoms with Gasteiger partial charge in [0.15, 0.2) is 12.2 Å². The van der Waals surface area contributed by atoms with Crippen LogP contribution in [-0.2, 0) is 4.74 Å². The SMILES string of the molecule is O=C(NCCN1CCOCC1)Nc1cccc(-c2cnco2)c1. The van der Waals surface area contributed by atoms with Gasteiger partial charge in [-0.25, -0.2) is 9.78 Å². The van der Waals surface area contributed by atoms with E-state index >= 15 is 0 Å². The second-order valence-electron chi connectivity index (χ2n) is 5.28. The Balaban J connectivity index is 1.47. The number of urea groups is 1. The molecule has 23 heavy (non-hydrogen) atoms. The third kappa shape index (κ3) is 4.54. The maximum Gasteiger partial charge on any atom is 0.319 e. The van der Waals surface area contributed by atoms with Crippen molar-refractivity contribution in [2.75, 3.05) is 44.7 Å². The van der Waals surface area contributed by atoms with Crippen LogP contribution in [0.5, 0.6) is 0 Å². The summed E-state index contributed by atoms with van der Waals surface area (Å²) in [6, 6.07) is 7.24. The number of oxazole rings is 1. The van der Waals surface area contributed by atoms with Gasteiger partial charge in [-0.3, -0.25) is 4.90 Å². The van der Waals surface area contributed by atoms with Crippen LogP contribution in [0, 0.1) is 0 Å². The van der Waals surface area contributed by atoms with Gasteiger partial charge >= 0.3 is 6.03 Å². The van der Waals surface area contributed by atoms with E-state index in [0.717, 1.165) is 38.4 Å². The summed E-state index contributed by atoms with van der Waals surface area (Å²) in [7, 11) is 0. The largest absolute Gasteiger partial charge is 0.444 e. The number of carbonyl (C=O) groups is 1. The van der Waals surface area contributed by atoms with E-state index in [0.29, 0.717) is 18.0 Å². The molecule has 0 saturated carbocycles. The molecule has 0 spiro atoms. The zero-order valence-corrected chi connectivity index (χ0v) is 12.8. The molecule has 1 aromatic carbocycles. The van der Waals surface area contributed by atoms with E-state index in [2.05, 4.69) is 20.5 Å². The van der Waals surface area contributed by atoms with Crippen molar-refractivity contribution in [3.8, 4) is 11.3 Å². The van der Waals surface area contributed by atoms with E-state index in [1.54, 1.807) is 6.20 Å². The first kappa shape index (κ1) is 15.5. The first-order valence-corrected chi connectivity index (χ1v) is 7.65. The highest BCUT2D eigenvalue weighted by molar-refractivity contribution is 5.89. The standard InChI is InChI=1S/C16H20N4O3/c21-16(18-4-5-20-6-8-22-9-7-20)19-14-3-1-2-13(10-14)15-11-17-12-23-15/h1-3,10-12H,4-9H2,(H2,18,19,21). The first-order chi connectivity index (χ1) is 11.3. The molecule has 1 aromatic heterocycles. The number of ether oxygens (including phenoxy) is 1. The van der Waals surface area contributed by atoms with E-state index < -0.39 is 0 Å². The quantitative estimate of drug-likeness (QED) is 0.879. The molecule has 7 heteroatoms. The van der Waals surface area contributed by atoms with Gasteiger partial charge in [-0.05, 0) is 12.1 Å². The average Bonchev–Trinajstić information content (AvgIpc) is 3.11. The van der Waals surface area contributed by atoms with Crippen LogP contribution in [0.1, 0.15) is 0 Å². The molecule has 3 rings (SSSR count). The Morgan fingerprint density at radius 2 is 2.17 bits per heavy atom. The number of rotatable bonds is 5. The van der Waals surface area contributed by atoms with E-state index in [1.165, 1.54) is 6.39 Å². The molecule has 7 nitrogen and oxygen atoms in total. The number of hydrogen-bond donors (Lipinski definition) is 2. The molecule has 1 saturated heterocycles. The van der Waals surface area contributed by atoms with Crippen LogP contribution < -0.4 is 10.6 Å². The van der Waals surface area contributed by atoms with Crippen LogP contribution >= 0.6 is 0 Å². The normalized spacial score (nSPS) is 15.3. The molecular formula is C16H20N4O3. The van der Waals surface area contributed by atoms with Crippen LogP contribution in [0.4, 0.5) is 10.5 Å². The molecule has 1 fully saturated rings. The lowest BCUT2D eigenvalue weighted by Crippen LogP contribution is -2.42. The fourth-order valence-corrected chi connectivity index (χ4v) is 2.44. The number of nitrogens with zero attached hydrogens (tertiary/aromatic N) is 2. The fraction of sp³-hybridized carbons (Fsp3) is 0.375. The van der Waals surface area contributed by atoms with Crippen LogP contribution in [-0.4, -0.2) is 55.3 Å². The summed E-state index contributed by atoms with van der Waals surface area (Å²) in [6.45, 7) is 4.80. The van der Waals surface area contributed by atoms with Gasteiger partial charge in [0.05, 0.1) is 19.4 Å². The number of morpholine rings is 1. The minimum absolute atomic E-state index is 0.215. The summed E-state index contributed by atoms with van der Waals surface area (Å²) < 4.78 is 10.6. The number of carbonyl (C=O) groups excluding carboxylic acids is 1. The molecule has 1 aliphatic heterocycles. The van der Waals surface area contributed by atoms with Crippen LogP contribution in [0.15, 0.2) is 41.3 Å². The van der Waals surface area contributed by atoms with E-state index in [4.69, 9.17) is 9.15 Å². The molecule has 0 bridgehead atoms. The van der Waals surface area contributed by atoms with Crippen LogP contribution in [0.25, 0.3) is 11.3 Å². The highest BCUT2D eigenvalue weighted by Gasteiger charge is 2.10. The maximum atomic E-state index is 12.0. The van der Waals surface area contributed by atoms with Crippen molar-refractivity contribution in [1.29, 1.82) is 0 Å². The van der Waals surface area contributed by atoms with E-state index in [-0.39, 0.29) is 6.03 Å². The van der Waals surface area contributed by atoms with Crippen molar-refractivity contribution in [2.24, 2.45) is 0 Å². The van der Waals surface area contributed by atoms with Crippen molar-refractivity contribution >= 4 is 11.7 Å². The smallest absolute Gasteiger partial charge is 0.319 e. The van der Waals surface area contributed by atoms with Gasteiger partial charge in [0.25, 0.3) is 0 Å². The molecule has 0 unspecified atom stereocenters. The zero-order valence-electron chi connectivity index (χ0n) is 12.8. The Morgan fingerprint density at radius 3 is 2.96 bits per heavy atom. The third-order valence-electron chi connectivity index (χ3n) is 3.65. The van der Waals surface area contributed by atoms with Crippen molar-refractivity contribution in [3.63, 3.8) is 0 Å². The summed E-state index contributed by atoms with van der Waals surface area (Å²) in [6.07, 6.45) is 3.02. The predicted octanol–water partition coefficient (Wildman–Crippen LogP) is 1.80. The topological polar surface area (TPSA) is 79.6 Å². The number of aromatic nitrogens is 1. The van der Waals surface area contributed by atoms with E-state index in [9.17, 15) is 4.79 Å². The third-order valence-corrected chi connectivity index (χ3v) is 3.65. The van der Waals surface area contributed by atoms with Gasteiger partial charge in [0.1, 0.15) is 0 Å². The average molecular weight is 316 g/mol. The first-order valence-electron chi connectivity index (χ1n) is 7.65. The Kier molecular flexibility index (Phi) is 5.23. The maximum absolute atomic E-state index is 12.0. The molecule has 2 N–H and O–H groups in total. The Hall–Kier alpha value is -2.38. The second kappa shape index (κ2) is 7.75. The number of amides is 2. The fourth-order valence-electron chi connectivity index (χ4n) is 2.44. The van der Waals surface area contributed by atoms with E-state index in [1.807, 2.05) is 24.3 Å². The lowest BCUT2D eigenvalue weighted by atomic mass is 10.1. The summed E-state index contributed by atoms with van der Waals surface area (Å²) in [5.74, 6) is 0.668. The van der Waals surface area contributed by atoms with Crippen LogP contribution in [0.2, 0.25) is 0 Å². The highest BCUT2D eigenvalue weighted by atomic mass is 16.5. The summed E-state index contributed by atoms with van der Waals surface area (Å²) >= 11 is 0. The van der Waals surface area contributed by atoms with Gasteiger partial charge in [0, 0.05) is 37.4 Å². The number of anilines is 1. The van der Waals surface area contributed by atoms with Crippen molar-refractivity contribution in [2.45, 2.75) is 0 Å². The number of hydrogen-bond acceptors (Lipinski definition) is 5. The monoisotopic (exact) mass is 316 g/mol. The minimum atomic E-state index is -0.215. The van der Waals surface area contributed by atoms with Gasteiger partial charge in [-0.15, -0.1) is 0 Å². The second-order valence-corrected chi connectivity index (χ2v) is 5.28. The number of benzene rings is 1. The Morgan fingerprint density at radius 1 is 1.30 bits per heavy atom. The molecule has 0 atom stereocenters. The van der Waals surface area contributed by atoms with Crippen molar-refractivity contribution in [1.82, 2.24) is 15.2 Å². The summed E-state index contributed by atoms with van der Waals surface area (Å²) in [5.41, 5.74) is 1.58. The lowest BCUT2D eigenvalue weighted by Gasteiger charge is -2.26. The highest BCUT2D eigenvalue weighted by Crippen LogP contribution is 2.21. The molecule has 2 heterocycles. The number of nitrogens with one attached hydrogen (secondary N) is 2. The predicted molar refractivity (Wildman–Crippen MR) is 86.2 cm³/mol. The zero-order chi connectivity index (χ0) is 15.9. The Bertz CT molecular complexity index is 624. The summed E-state index contributed by atoms with van der Waals surface area (Å²) in [4.78, 5) is 18.1. The Labute approximate surface area is 134 Å². The molecular weight excluding hydrogens is 296 g/mol. The van der Waals surface area contributed by atoms with Crippen molar-refractivity contribution in [3.05, 3.63) is 36.9 Å². The van der Waals surface area contributed by atoms with Crippen LogP contribution in [0.3, 0.4) is 0 Å². The molecule has 0 radical (unpaired) electrons. The molecule has 0 aliphatic carbocycles. The molecule has 2 aromatic rings. The molecule has 122 valence electrons. The van der Waals surface area contributed by atoms with Gasteiger partial charge in [-0.2, -0.15) is 0 Å². The molecule has 1 aliphatic rings. The van der Waals surface area contributed by atoms with Gasteiger partial charge < -0.3 is 19.8 Å². The van der Waals surface area contributed by atoms with Gasteiger partial charge in [-0.1, -0.05) is 12.1 Å². The van der Waals surface area contributed by atoms with Crippen molar-refractivity contribution < 1.29 is 13.9 Å². The summed E-state index contributed by atoms with van der Waals surface area (Å²) in [5, 5.41) is 5.69. The lowest BCUT2D eigenvalue weighted by molar-refractivity contribution is 0.0388. The van der Waals surface area contributed by atoms with Gasteiger partial charge in [0.2, 0.25) is 0 Å². The molecule has 2 amide bonds. The minimum Gasteiger partial charge on any atom is -0.444 e.